The first-order valence-electron chi connectivity index (χ1n) is 10.8. The Morgan fingerprint density at radius 1 is 1.03 bits per heavy atom. The number of halogens is 3. The van der Waals surface area contributed by atoms with Gasteiger partial charge in [-0.15, -0.1) is 0 Å². The number of ether oxygens (including phenoxy) is 1. The third-order valence-corrected chi connectivity index (χ3v) is 6.03. The Kier molecular flexibility index (Phi) is 5.47. The van der Waals surface area contributed by atoms with Gasteiger partial charge in [0.1, 0.15) is 17.9 Å². The quantitative estimate of drug-likeness (QED) is 0.576. The molecule has 1 fully saturated rings. The largest absolute Gasteiger partial charge is 0.486 e. The summed E-state index contributed by atoms with van der Waals surface area (Å²) in [5.74, 6) is -0.273. The minimum absolute atomic E-state index is 0.0829. The summed E-state index contributed by atoms with van der Waals surface area (Å²) in [6.07, 6.45) is -2.98. The number of hydrogen-bond acceptors (Lipinski definition) is 4. The van der Waals surface area contributed by atoms with Crippen molar-refractivity contribution in [3.63, 3.8) is 0 Å². The highest BCUT2D eigenvalue weighted by Gasteiger charge is 2.45. The molecule has 3 aromatic rings. The molecule has 2 bridgehead atoms. The molecule has 3 heterocycles. The normalized spacial score (nSPS) is 19.8. The van der Waals surface area contributed by atoms with Crippen LogP contribution in [0.3, 0.4) is 0 Å². The lowest BCUT2D eigenvalue weighted by atomic mass is 10.1. The monoisotopic (exact) mass is 467 g/mol. The topological polar surface area (TPSA) is 62.7 Å². The molecule has 0 spiro atoms. The maximum Gasteiger partial charge on any atom is 0.416 e. The number of anilines is 1. The number of hydrogen-bond donors (Lipinski definition) is 0. The van der Waals surface area contributed by atoms with Crippen LogP contribution < -0.4 is 9.64 Å². The van der Waals surface area contributed by atoms with Gasteiger partial charge in [-0.25, -0.2) is 0 Å². The van der Waals surface area contributed by atoms with Crippen molar-refractivity contribution in [3.8, 4) is 5.75 Å². The van der Waals surface area contributed by atoms with Crippen LogP contribution in [0.25, 0.3) is 0 Å². The van der Waals surface area contributed by atoms with Gasteiger partial charge >= 0.3 is 6.18 Å². The molecule has 2 atom stereocenters. The van der Waals surface area contributed by atoms with Crippen LogP contribution in [0.2, 0.25) is 0 Å². The van der Waals surface area contributed by atoms with E-state index in [1.165, 1.54) is 4.90 Å². The second-order valence-corrected chi connectivity index (χ2v) is 8.24. The summed E-state index contributed by atoms with van der Waals surface area (Å²) in [4.78, 5) is 34.3. The minimum atomic E-state index is -4.50. The number of pyridine rings is 1. The molecule has 0 N–H and O–H groups in total. The van der Waals surface area contributed by atoms with Crippen LogP contribution in [0.1, 0.15) is 28.0 Å². The molecule has 2 unspecified atom stereocenters. The molecule has 174 valence electrons. The van der Waals surface area contributed by atoms with E-state index in [-0.39, 0.29) is 31.0 Å². The molecule has 0 aliphatic carbocycles. The van der Waals surface area contributed by atoms with Gasteiger partial charge in [0.2, 0.25) is 5.91 Å². The first-order valence-corrected chi connectivity index (χ1v) is 10.8. The molecule has 2 aliphatic rings. The van der Waals surface area contributed by atoms with Crippen molar-refractivity contribution < 1.29 is 27.5 Å². The van der Waals surface area contributed by atoms with Crippen molar-refractivity contribution in [2.45, 2.75) is 31.3 Å². The summed E-state index contributed by atoms with van der Waals surface area (Å²) < 4.78 is 44.9. The zero-order valence-corrected chi connectivity index (χ0v) is 17.9. The SMILES string of the molecule is O=C1C2CC(CN2C(=O)c2ccc(C(F)(F)F)cc2)Oc2ccccc2N1Cc1ccccn1. The van der Waals surface area contributed by atoms with Crippen molar-refractivity contribution in [3.05, 3.63) is 89.7 Å². The molecule has 2 amide bonds. The van der Waals surface area contributed by atoms with Gasteiger partial charge in [0, 0.05) is 18.2 Å². The molecule has 2 aliphatic heterocycles. The van der Waals surface area contributed by atoms with Gasteiger partial charge in [-0.1, -0.05) is 18.2 Å². The lowest BCUT2D eigenvalue weighted by molar-refractivity contribution is -0.137. The first-order chi connectivity index (χ1) is 16.3. The van der Waals surface area contributed by atoms with E-state index >= 15 is 0 Å². The van der Waals surface area contributed by atoms with Gasteiger partial charge in [0.25, 0.3) is 5.91 Å². The van der Waals surface area contributed by atoms with Crippen molar-refractivity contribution in [2.24, 2.45) is 0 Å². The Balaban J connectivity index is 1.47. The standard InChI is InChI=1S/C25H20F3N3O3/c26-25(27,28)17-10-8-16(9-11-17)23(32)31-15-19-13-21(31)24(33)30(14-18-5-3-4-12-29-18)20-6-1-2-7-22(20)34-19/h1-12,19,21H,13-15H2. The highest BCUT2D eigenvalue weighted by atomic mass is 19.4. The predicted molar refractivity (Wildman–Crippen MR) is 117 cm³/mol. The number of amides is 2. The third kappa shape index (κ3) is 4.09. The van der Waals surface area contributed by atoms with Gasteiger partial charge < -0.3 is 14.5 Å². The maximum absolute atomic E-state index is 13.8. The lowest BCUT2D eigenvalue weighted by Gasteiger charge is -2.31. The number of carbonyl (C=O) groups excluding carboxylic acids is 2. The third-order valence-electron chi connectivity index (χ3n) is 6.03. The van der Waals surface area contributed by atoms with E-state index in [0.29, 0.717) is 17.1 Å². The molecular weight excluding hydrogens is 447 g/mol. The Labute approximate surface area is 193 Å². The number of benzene rings is 2. The summed E-state index contributed by atoms with van der Waals surface area (Å²) in [5, 5.41) is 0. The van der Waals surface area contributed by atoms with E-state index in [1.807, 2.05) is 6.07 Å². The van der Waals surface area contributed by atoms with Crippen LogP contribution in [-0.2, 0) is 17.5 Å². The zero-order chi connectivity index (χ0) is 23.9. The highest BCUT2D eigenvalue weighted by Crippen LogP contribution is 2.37. The number of alkyl halides is 3. The Hall–Kier alpha value is -3.88. The fraction of sp³-hybridized carbons (Fsp3) is 0.240. The highest BCUT2D eigenvalue weighted by molar-refractivity contribution is 6.03. The van der Waals surface area contributed by atoms with Crippen molar-refractivity contribution in [1.82, 2.24) is 9.88 Å². The number of rotatable bonds is 3. The number of para-hydroxylation sites is 2. The number of nitrogens with zero attached hydrogens (tertiary/aromatic N) is 3. The average molecular weight is 467 g/mol. The lowest BCUT2D eigenvalue weighted by Crippen LogP contribution is -2.48. The summed E-state index contributed by atoms with van der Waals surface area (Å²) in [7, 11) is 0. The summed E-state index contributed by atoms with van der Waals surface area (Å²) in [6, 6.07) is 15.8. The second-order valence-electron chi connectivity index (χ2n) is 8.24. The molecule has 0 saturated carbocycles. The number of carbonyl (C=O) groups is 2. The molecule has 1 aromatic heterocycles. The van der Waals surface area contributed by atoms with Crippen molar-refractivity contribution in [2.75, 3.05) is 11.4 Å². The molecule has 0 radical (unpaired) electrons. The molecule has 6 nitrogen and oxygen atoms in total. The van der Waals surface area contributed by atoms with Gasteiger partial charge in [-0.3, -0.25) is 14.6 Å². The minimum Gasteiger partial charge on any atom is -0.486 e. The van der Waals surface area contributed by atoms with Crippen LogP contribution in [0.5, 0.6) is 5.75 Å². The van der Waals surface area contributed by atoms with Crippen LogP contribution >= 0.6 is 0 Å². The van der Waals surface area contributed by atoms with E-state index in [4.69, 9.17) is 4.74 Å². The van der Waals surface area contributed by atoms with Crippen LogP contribution in [-0.4, -0.2) is 40.4 Å². The van der Waals surface area contributed by atoms with Gasteiger partial charge in [-0.05, 0) is 48.5 Å². The van der Waals surface area contributed by atoms with E-state index in [2.05, 4.69) is 4.98 Å². The fourth-order valence-electron chi connectivity index (χ4n) is 4.38. The first kappa shape index (κ1) is 21.9. The zero-order valence-electron chi connectivity index (χ0n) is 17.9. The smallest absolute Gasteiger partial charge is 0.416 e. The molecular formula is C25H20F3N3O3. The molecule has 2 aromatic carbocycles. The fourth-order valence-corrected chi connectivity index (χ4v) is 4.38. The van der Waals surface area contributed by atoms with Crippen molar-refractivity contribution in [1.29, 1.82) is 0 Å². The summed E-state index contributed by atoms with van der Waals surface area (Å²) in [6.45, 7) is 0.339. The Morgan fingerprint density at radius 3 is 2.47 bits per heavy atom. The van der Waals surface area contributed by atoms with E-state index in [0.717, 1.165) is 24.3 Å². The van der Waals surface area contributed by atoms with Crippen LogP contribution in [0.15, 0.2) is 72.9 Å². The predicted octanol–water partition coefficient (Wildman–Crippen LogP) is 4.31. The molecule has 1 saturated heterocycles. The molecule has 5 rings (SSSR count). The molecule has 34 heavy (non-hydrogen) atoms. The van der Waals surface area contributed by atoms with E-state index in [1.54, 1.807) is 47.5 Å². The van der Waals surface area contributed by atoms with E-state index < -0.39 is 29.8 Å². The van der Waals surface area contributed by atoms with E-state index in [9.17, 15) is 22.8 Å². The molecule has 9 heteroatoms. The number of likely N-dealkylation sites (tertiary alicyclic amines) is 1. The second kappa shape index (κ2) is 8.48. The number of fused-ring (bicyclic) bond motifs is 3. The number of aromatic nitrogens is 1. The van der Waals surface area contributed by atoms with Crippen LogP contribution in [0, 0.1) is 0 Å². The van der Waals surface area contributed by atoms with Crippen molar-refractivity contribution >= 4 is 17.5 Å². The maximum atomic E-state index is 13.8. The summed E-state index contributed by atoms with van der Waals surface area (Å²) in [5.41, 5.74) is 0.492. The van der Waals surface area contributed by atoms with Crippen LogP contribution in [0.4, 0.5) is 18.9 Å². The average Bonchev–Trinajstić information content (AvgIpc) is 3.27. The Bertz CT molecular complexity index is 1220. The van der Waals surface area contributed by atoms with Gasteiger partial charge in [0.05, 0.1) is 30.0 Å². The Morgan fingerprint density at radius 2 is 1.76 bits per heavy atom. The van der Waals surface area contributed by atoms with Gasteiger partial charge in [-0.2, -0.15) is 13.2 Å². The summed E-state index contributed by atoms with van der Waals surface area (Å²) >= 11 is 0. The van der Waals surface area contributed by atoms with Gasteiger partial charge in [0.15, 0.2) is 0 Å².